The van der Waals surface area contributed by atoms with Crippen LogP contribution in [0, 0.1) is 0 Å². The van der Waals surface area contributed by atoms with Gasteiger partial charge in [0.2, 0.25) is 0 Å². The molecule has 0 bridgehead atoms. The van der Waals surface area contributed by atoms with Gasteiger partial charge in [-0.1, -0.05) is 0 Å². The van der Waals surface area contributed by atoms with Gasteiger partial charge in [-0.25, -0.2) is 13.2 Å². The summed E-state index contributed by atoms with van der Waals surface area (Å²) in [6, 6.07) is 6.62. The number of aromatic carboxylic acids is 1. The second kappa shape index (κ2) is 5.17. The SMILES string of the molecule is Nc1cc(C(=O)O)ccc1NS(=O)(=O)c1cccnc1. The van der Waals surface area contributed by atoms with Gasteiger partial charge in [0.15, 0.2) is 0 Å². The van der Waals surface area contributed by atoms with Gasteiger partial charge in [-0.3, -0.25) is 9.71 Å². The van der Waals surface area contributed by atoms with Crippen LogP contribution >= 0.6 is 0 Å². The lowest BCUT2D eigenvalue weighted by Gasteiger charge is -2.10. The molecule has 2 aromatic rings. The number of rotatable bonds is 4. The highest BCUT2D eigenvalue weighted by atomic mass is 32.2. The first kappa shape index (κ1) is 13.8. The Morgan fingerprint density at radius 3 is 2.60 bits per heavy atom. The molecule has 0 amide bonds. The Morgan fingerprint density at radius 2 is 2.05 bits per heavy atom. The summed E-state index contributed by atoms with van der Waals surface area (Å²) in [4.78, 5) is 14.5. The molecule has 4 N–H and O–H groups in total. The fraction of sp³-hybridized carbons (Fsp3) is 0. The zero-order valence-electron chi connectivity index (χ0n) is 10.1. The van der Waals surface area contributed by atoms with Gasteiger partial charge in [-0.15, -0.1) is 0 Å². The van der Waals surface area contributed by atoms with Crippen molar-refractivity contribution in [2.24, 2.45) is 0 Å². The largest absolute Gasteiger partial charge is 0.478 e. The van der Waals surface area contributed by atoms with Crippen LogP contribution in [0.5, 0.6) is 0 Å². The number of carboxylic acids is 1. The Labute approximate surface area is 115 Å². The minimum absolute atomic E-state index is 0.0123. The molecule has 0 spiro atoms. The molecule has 0 unspecified atom stereocenters. The van der Waals surface area contributed by atoms with E-state index < -0.39 is 16.0 Å². The Hall–Kier alpha value is -2.61. The maximum absolute atomic E-state index is 12.0. The predicted octanol–water partition coefficient (Wildman–Crippen LogP) is 1.16. The Morgan fingerprint density at radius 1 is 1.30 bits per heavy atom. The average Bonchev–Trinajstić information content (AvgIpc) is 2.41. The van der Waals surface area contributed by atoms with Crippen LogP contribution in [0.2, 0.25) is 0 Å². The number of nitrogen functional groups attached to an aromatic ring is 1. The number of benzene rings is 1. The molecular formula is C12H11N3O4S. The molecule has 1 heterocycles. The van der Waals surface area contributed by atoms with Crippen LogP contribution < -0.4 is 10.5 Å². The Bertz CT molecular complexity index is 745. The predicted molar refractivity (Wildman–Crippen MR) is 72.9 cm³/mol. The maximum Gasteiger partial charge on any atom is 0.335 e. The molecule has 7 nitrogen and oxygen atoms in total. The van der Waals surface area contributed by atoms with Crippen molar-refractivity contribution in [2.45, 2.75) is 4.90 Å². The van der Waals surface area contributed by atoms with E-state index >= 15 is 0 Å². The maximum atomic E-state index is 12.0. The second-order valence-corrected chi connectivity index (χ2v) is 5.58. The lowest BCUT2D eigenvalue weighted by molar-refractivity contribution is 0.0697. The molecule has 0 radical (unpaired) electrons. The molecule has 0 saturated heterocycles. The quantitative estimate of drug-likeness (QED) is 0.727. The lowest BCUT2D eigenvalue weighted by atomic mass is 10.2. The number of carboxylic acid groups (broad SMARTS) is 1. The highest BCUT2D eigenvalue weighted by Crippen LogP contribution is 2.23. The van der Waals surface area contributed by atoms with Crippen LogP contribution in [0.4, 0.5) is 11.4 Å². The number of anilines is 2. The summed E-state index contributed by atoms with van der Waals surface area (Å²) in [7, 11) is -3.81. The summed E-state index contributed by atoms with van der Waals surface area (Å²) in [5.41, 5.74) is 5.75. The molecule has 20 heavy (non-hydrogen) atoms. The topological polar surface area (TPSA) is 122 Å². The summed E-state index contributed by atoms with van der Waals surface area (Å²) in [5, 5.41) is 8.81. The minimum Gasteiger partial charge on any atom is -0.478 e. The standard InChI is InChI=1S/C12H11N3O4S/c13-10-6-8(12(16)17)3-4-11(10)15-20(18,19)9-2-1-5-14-7-9/h1-7,15H,13H2,(H,16,17). The summed E-state index contributed by atoms with van der Waals surface area (Å²) in [5.74, 6) is -1.14. The van der Waals surface area contributed by atoms with Gasteiger partial charge in [-0.2, -0.15) is 0 Å². The van der Waals surface area contributed by atoms with Crippen LogP contribution in [0.15, 0.2) is 47.6 Å². The number of pyridine rings is 1. The van der Waals surface area contributed by atoms with E-state index in [-0.39, 0.29) is 21.8 Å². The molecule has 0 aliphatic rings. The van der Waals surface area contributed by atoms with Crippen LogP contribution in [0.3, 0.4) is 0 Å². The van der Waals surface area contributed by atoms with Gasteiger partial charge in [0.25, 0.3) is 10.0 Å². The number of nitrogens with two attached hydrogens (primary N) is 1. The second-order valence-electron chi connectivity index (χ2n) is 3.90. The molecule has 2 rings (SSSR count). The van der Waals surface area contributed by atoms with Crippen LogP contribution in [-0.2, 0) is 10.0 Å². The van der Waals surface area contributed by atoms with E-state index in [1.165, 1.54) is 42.7 Å². The van der Waals surface area contributed by atoms with E-state index in [9.17, 15) is 13.2 Å². The minimum atomic E-state index is -3.81. The van der Waals surface area contributed by atoms with E-state index in [0.29, 0.717) is 0 Å². The Kier molecular flexibility index (Phi) is 3.57. The molecule has 0 aliphatic heterocycles. The summed E-state index contributed by atoms with van der Waals surface area (Å²) >= 11 is 0. The van der Waals surface area contributed by atoms with E-state index in [1.54, 1.807) is 0 Å². The van der Waals surface area contributed by atoms with Gasteiger partial charge in [0.1, 0.15) is 4.90 Å². The zero-order valence-corrected chi connectivity index (χ0v) is 11.0. The first-order chi connectivity index (χ1) is 9.40. The van der Waals surface area contributed by atoms with E-state index in [4.69, 9.17) is 10.8 Å². The number of carbonyl (C=O) groups is 1. The van der Waals surface area contributed by atoms with Crippen LogP contribution in [-0.4, -0.2) is 24.5 Å². The number of hydrogen-bond donors (Lipinski definition) is 3. The Balaban J connectivity index is 2.33. The van der Waals surface area contributed by atoms with Gasteiger partial charge < -0.3 is 10.8 Å². The van der Waals surface area contributed by atoms with Crippen molar-refractivity contribution in [1.29, 1.82) is 0 Å². The van der Waals surface area contributed by atoms with Crippen molar-refractivity contribution in [1.82, 2.24) is 4.98 Å². The number of hydrogen-bond acceptors (Lipinski definition) is 5. The van der Waals surface area contributed by atoms with Gasteiger partial charge in [-0.05, 0) is 30.3 Å². The first-order valence-electron chi connectivity index (χ1n) is 5.46. The molecule has 104 valence electrons. The fourth-order valence-electron chi connectivity index (χ4n) is 1.50. The zero-order chi connectivity index (χ0) is 14.8. The van der Waals surface area contributed by atoms with Gasteiger partial charge in [0.05, 0.1) is 16.9 Å². The van der Waals surface area contributed by atoms with Crippen molar-refractivity contribution in [2.75, 3.05) is 10.5 Å². The van der Waals surface area contributed by atoms with E-state index in [0.717, 1.165) is 0 Å². The summed E-state index contributed by atoms with van der Waals surface area (Å²) in [6.07, 6.45) is 2.65. The van der Waals surface area contributed by atoms with E-state index in [2.05, 4.69) is 9.71 Å². The van der Waals surface area contributed by atoms with E-state index in [1.807, 2.05) is 0 Å². The summed E-state index contributed by atoms with van der Waals surface area (Å²) < 4.78 is 26.4. The molecule has 1 aromatic carbocycles. The van der Waals surface area contributed by atoms with Crippen molar-refractivity contribution >= 4 is 27.4 Å². The summed E-state index contributed by atoms with van der Waals surface area (Å²) in [6.45, 7) is 0. The normalized spacial score (nSPS) is 11.0. The van der Waals surface area contributed by atoms with Gasteiger partial charge >= 0.3 is 5.97 Å². The molecule has 1 aromatic heterocycles. The third-order valence-electron chi connectivity index (χ3n) is 2.49. The van der Waals surface area contributed by atoms with Gasteiger partial charge in [0, 0.05) is 12.4 Å². The molecule has 0 aliphatic carbocycles. The number of aromatic nitrogens is 1. The average molecular weight is 293 g/mol. The first-order valence-corrected chi connectivity index (χ1v) is 6.94. The molecule has 8 heteroatoms. The fourth-order valence-corrected chi connectivity index (χ4v) is 2.55. The third-order valence-corrected chi connectivity index (χ3v) is 3.84. The molecule has 0 atom stereocenters. The monoisotopic (exact) mass is 293 g/mol. The molecule has 0 saturated carbocycles. The molecule has 0 fully saturated rings. The van der Waals surface area contributed by atoms with Crippen molar-refractivity contribution in [3.05, 3.63) is 48.3 Å². The van der Waals surface area contributed by atoms with Crippen molar-refractivity contribution in [3.8, 4) is 0 Å². The molecular weight excluding hydrogens is 282 g/mol. The number of nitrogens with one attached hydrogen (secondary N) is 1. The number of nitrogens with zero attached hydrogens (tertiary/aromatic N) is 1. The third kappa shape index (κ3) is 2.86. The highest BCUT2D eigenvalue weighted by Gasteiger charge is 2.16. The van der Waals surface area contributed by atoms with Crippen LogP contribution in [0.1, 0.15) is 10.4 Å². The number of sulfonamides is 1. The van der Waals surface area contributed by atoms with Crippen LogP contribution in [0.25, 0.3) is 0 Å². The highest BCUT2D eigenvalue weighted by molar-refractivity contribution is 7.92. The lowest BCUT2D eigenvalue weighted by Crippen LogP contribution is -2.14. The van der Waals surface area contributed by atoms with Crippen molar-refractivity contribution in [3.63, 3.8) is 0 Å². The smallest absolute Gasteiger partial charge is 0.335 e. The van der Waals surface area contributed by atoms with Crippen molar-refractivity contribution < 1.29 is 18.3 Å².